The quantitative estimate of drug-likeness (QED) is 0.741. The van der Waals surface area contributed by atoms with Crippen molar-refractivity contribution in [2.24, 2.45) is 5.92 Å². The van der Waals surface area contributed by atoms with E-state index in [0.717, 1.165) is 11.3 Å². The summed E-state index contributed by atoms with van der Waals surface area (Å²) in [6.07, 6.45) is 1.35. The number of hydrogen-bond donors (Lipinski definition) is 2. The first kappa shape index (κ1) is 18.8. The minimum atomic E-state index is -0.952. The highest BCUT2D eigenvalue weighted by Gasteiger charge is 2.47. The van der Waals surface area contributed by atoms with Crippen molar-refractivity contribution in [3.05, 3.63) is 24.3 Å². The van der Waals surface area contributed by atoms with Crippen LogP contribution in [0.2, 0.25) is 0 Å². The summed E-state index contributed by atoms with van der Waals surface area (Å²) in [6.45, 7) is 5.49. The molecule has 0 spiro atoms. The lowest BCUT2D eigenvalue weighted by atomic mass is 9.92. The molecule has 0 radical (unpaired) electrons. The molecule has 2 N–H and O–H groups in total. The third kappa shape index (κ3) is 4.29. The molecule has 136 valence electrons. The molecule has 4 amide bonds. The maximum Gasteiger partial charge on any atom is 0.325 e. The second-order valence-electron chi connectivity index (χ2n) is 6.83. The normalized spacial score (nSPS) is 20.0. The van der Waals surface area contributed by atoms with Crippen molar-refractivity contribution in [3.8, 4) is 5.75 Å². The van der Waals surface area contributed by atoms with E-state index in [0.29, 0.717) is 23.8 Å². The summed E-state index contributed by atoms with van der Waals surface area (Å²) in [6, 6.07) is 6.41. The largest absolute Gasteiger partial charge is 0.495 e. The van der Waals surface area contributed by atoms with Gasteiger partial charge in [-0.1, -0.05) is 26.0 Å². The van der Waals surface area contributed by atoms with Crippen LogP contribution in [-0.4, -0.2) is 41.9 Å². The number of rotatable bonds is 7. The Kier molecular flexibility index (Phi) is 5.66. The average Bonchev–Trinajstić information content (AvgIpc) is 2.77. The van der Waals surface area contributed by atoms with Gasteiger partial charge in [0, 0.05) is 0 Å². The zero-order chi connectivity index (χ0) is 18.6. The van der Waals surface area contributed by atoms with Crippen LogP contribution >= 0.6 is 0 Å². The molecular weight excluding hydrogens is 322 g/mol. The maximum atomic E-state index is 12.6. The molecule has 1 aliphatic heterocycles. The Morgan fingerprint density at radius 2 is 2.00 bits per heavy atom. The van der Waals surface area contributed by atoms with E-state index >= 15 is 0 Å². The minimum absolute atomic E-state index is 0.333. The summed E-state index contributed by atoms with van der Waals surface area (Å²) in [4.78, 5) is 38.0. The Morgan fingerprint density at radius 3 is 2.64 bits per heavy atom. The molecule has 0 aliphatic carbocycles. The summed E-state index contributed by atoms with van der Waals surface area (Å²) >= 11 is 0. The summed E-state index contributed by atoms with van der Waals surface area (Å²) in [5.74, 6) is 0.105. The third-order valence-electron chi connectivity index (χ3n) is 4.25. The van der Waals surface area contributed by atoms with Crippen LogP contribution in [-0.2, 0) is 9.59 Å². The fourth-order valence-electron chi connectivity index (χ4n) is 2.72. The number of hydrogen-bond acceptors (Lipinski definition) is 4. The first-order chi connectivity index (χ1) is 11.8. The highest BCUT2D eigenvalue weighted by Crippen LogP contribution is 2.26. The van der Waals surface area contributed by atoms with Crippen LogP contribution in [0.25, 0.3) is 0 Å². The van der Waals surface area contributed by atoms with Crippen molar-refractivity contribution in [1.82, 2.24) is 10.2 Å². The van der Waals surface area contributed by atoms with Crippen molar-refractivity contribution < 1.29 is 19.1 Å². The standard InChI is InChI=1S/C18H25N3O4/c1-12(2)9-10-18(3)16(23)21(17(24)20-18)11-15(22)19-13-7-5-6-8-14(13)25-4/h5-8,12H,9-11H2,1-4H3,(H,19,22)(H,20,24). The number of carbonyl (C=O) groups is 3. The van der Waals surface area contributed by atoms with Crippen LogP contribution in [0, 0.1) is 5.92 Å². The third-order valence-corrected chi connectivity index (χ3v) is 4.25. The van der Waals surface area contributed by atoms with Gasteiger partial charge in [0.05, 0.1) is 12.8 Å². The zero-order valence-electron chi connectivity index (χ0n) is 15.1. The van der Waals surface area contributed by atoms with Gasteiger partial charge in [-0.3, -0.25) is 14.5 Å². The van der Waals surface area contributed by atoms with Gasteiger partial charge in [0.1, 0.15) is 17.8 Å². The summed E-state index contributed by atoms with van der Waals surface area (Å²) in [7, 11) is 1.50. The van der Waals surface area contributed by atoms with Crippen molar-refractivity contribution in [3.63, 3.8) is 0 Å². The van der Waals surface area contributed by atoms with E-state index in [2.05, 4.69) is 24.5 Å². The molecule has 0 bridgehead atoms. The van der Waals surface area contributed by atoms with E-state index in [4.69, 9.17) is 4.74 Å². The summed E-state index contributed by atoms with van der Waals surface area (Å²) in [5.41, 5.74) is -0.462. The van der Waals surface area contributed by atoms with Crippen molar-refractivity contribution in [2.45, 2.75) is 39.2 Å². The molecule has 1 unspecified atom stereocenters. The number of amides is 4. The van der Waals surface area contributed by atoms with Crippen molar-refractivity contribution in [1.29, 1.82) is 0 Å². The van der Waals surface area contributed by atoms with E-state index < -0.39 is 17.5 Å². The fourth-order valence-corrected chi connectivity index (χ4v) is 2.72. The Balaban J connectivity index is 2.03. The van der Waals surface area contributed by atoms with E-state index in [1.54, 1.807) is 31.2 Å². The smallest absolute Gasteiger partial charge is 0.325 e. The molecule has 1 aliphatic rings. The van der Waals surface area contributed by atoms with Gasteiger partial charge in [-0.05, 0) is 37.8 Å². The number of benzene rings is 1. The molecule has 0 aromatic heterocycles. The predicted octanol–water partition coefficient (Wildman–Crippen LogP) is 2.38. The van der Waals surface area contributed by atoms with Gasteiger partial charge >= 0.3 is 6.03 Å². The summed E-state index contributed by atoms with van der Waals surface area (Å²) < 4.78 is 5.17. The molecule has 1 aromatic rings. The number of urea groups is 1. The van der Waals surface area contributed by atoms with Gasteiger partial charge < -0.3 is 15.4 Å². The molecule has 1 fully saturated rings. The van der Waals surface area contributed by atoms with E-state index in [1.807, 2.05) is 0 Å². The second kappa shape index (κ2) is 7.55. The molecule has 1 atom stereocenters. The first-order valence-electron chi connectivity index (χ1n) is 8.34. The van der Waals surface area contributed by atoms with Crippen LogP contribution in [0.15, 0.2) is 24.3 Å². The van der Waals surface area contributed by atoms with Crippen LogP contribution in [0.1, 0.15) is 33.6 Å². The van der Waals surface area contributed by atoms with Crippen LogP contribution in [0.3, 0.4) is 0 Å². The molecule has 2 rings (SSSR count). The monoisotopic (exact) mass is 347 g/mol. The molecule has 7 heteroatoms. The fraction of sp³-hybridized carbons (Fsp3) is 0.500. The van der Waals surface area contributed by atoms with E-state index in [-0.39, 0.29) is 12.5 Å². The zero-order valence-corrected chi connectivity index (χ0v) is 15.1. The molecule has 7 nitrogen and oxygen atoms in total. The highest BCUT2D eigenvalue weighted by atomic mass is 16.5. The predicted molar refractivity (Wildman–Crippen MR) is 94.3 cm³/mol. The lowest BCUT2D eigenvalue weighted by Crippen LogP contribution is -2.44. The molecule has 1 heterocycles. The molecular formula is C18H25N3O4. The Bertz CT molecular complexity index is 674. The lowest BCUT2D eigenvalue weighted by Gasteiger charge is -2.22. The molecule has 0 saturated carbocycles. The van der Waals surface area contributed by atoms with Gasteiger partial charge in [-0.15, -0.1) is 0 Å². The lowest BCUT2D eigenvalue weighted by molar-refractivity contribution is -0.133. The number of ether oxygens (including phenoxy) is 1. The van der Waals surface area contributed by atoms with E-state index in [1.165, 1.54) is 7.11 Å². The molecule has 1 aromatic carbocycles. The number of imide groups is 1. The number of carbonyl (C=O) groups excluding carboxylic acids is 3. The maximum absolute atomic E-state index is 12.6. The van der Waals surface area contributed by atoms with Crippen LogP contribution in [0.4, 0.5) is 10.5 Å². The Labute approximate surface area is 147 Å². The van der Waals surface area contributed by atoms with Gasteiger partial charge in [-0.2, -0.15) is 0 Å². The van der Waals surface area contributed by atoms with Gasteiger partial charge in [0.2, 0.25) is 5.91 Å². The van der Waals surface area contributed by atoms with Gasteiger partial charge in [0.25, 0.3) is 5.91 Å². The summed E-state index contributed by atoms with van der Waals surface area (Å²) in [5, 5.41) is 5.38. The minimum Gasteiger partial charge on any atom is -0.495 e. The number of para-hydroxylation sites is 2. The molecule has 1 saturated heterocycles. The van der Waals surface area contributed by atoms with Crippen molar-refractivity contribution >= 4 is 23.5 Å². The highest BCUT2D eigenvalue weighted by molar-refractivity contribution is 6.10. The number of nitrogens with zero attached hydrogens (tertiary/aromatic N) is 1. The SMILES string of the molecule is COc1ccccc1NC(=O)CN1C(=O)NC(C)(CCC(C)C)C1=O. The Hall–Kier alpha value is -2.57. The number of nitrogens with one attached hydrogen (secondary N) is 2. The Morgan fingerprint density at radius 1 is 1.32 bits per heavy atom. The van der Waals surface area contributed by atoms with Gasteiger partial charge in [0.15, 0.2) is 0 Å². The van der Waals surface area contributed by atoms with Gasteiger partial charge in [-0.25, -0.2) is 4.79 Å². The topological polar surface area (TPSA) is 87.7 Å². The first-order valence-corrected chi connectivity index (χ1v) is 8.34. The average molecular weight is 347 g/mol. The number of methoxy groups -OCH3 is 1. The van der Waals surface area contributed by atoms with Crippen LogP contribution < -0.4 is 15.4 Å². The second-order valence-corrected chi connectivity index (χ2v) is 6.83. The van der Waals surface area contributed by atoms with Crippen molar-refractivity contribution in [2.75, 3.05) is 19.0 Å². The van der Waals surface area contributed by atoms with E-state index in [9.17, 15) is 14.4 Å². The van der Waals surface area contributed by atoms with Crippen LogP contribution in [0.5, 0.6) is 5.75 Å². The number of anilines is 1. The molecule has 25 heavy (non-hydrogen) atoms.